The molecule has 1 aromatic heterocycles. The Morgan fingerprint density at radius 3 is 2.74 bits per heavy atom. The van der Waals surface area contributed by atoms with E-state index in [1.165, 1.54) is 0 Å². The van der Waals surface area contributed by atoms with E-state index in [-0.39, 0.29) is 29.7 Å². The van der Waals surface area contributed by atoms with Gasteiger partial charge in [0, 0.05) is 36.2 Å². The maximum atomic E-state index is 13.0. The summed E-state index contributed by atoms with van der Waals surface area (Å²) in [6.07, 6.45) is 1.42. The van der Waals surface area contributed by atoms with Gasteiger partial charge in [0.25, 0.3) is 5.91 Å². The molecule has 166 valence electrons. The smallest absolute Gasteiger partial charge is 0.251 e. The van der Waals surface area contributed by atoms with E-state index in [4.69, 9.17) is 9.26 Å². The number of nitrogens with one attached hydrogen (secondary N) is 1. The van der Waals surface area contributed by atoms with Crippen LogP contribution in [0.1, 0.15) is 54.3 Å². The second-order valence-electron chi connectivity index (χ2n) is 9.12. The minimum absolute atomic E-state index is 0.0355. The first kappa shape index (κ1) is 21.3. The van der Waals surface area contributed by atoms with Crippen molar-refractivity contribution in [1.82, 2.24) is 20.4 Å². The molecule has 31 heavy (non-hydrogen) atoms. The number of amides is 2. The summed E-state index contributed by atoms with van der Waals surface area (Å²) in [4.78, 5) is 32.2. The van der Waals surface area contributed by atoms with Crippen LogP contribution >= 0.6 is 0 Å². The number of rotatable bonds is 5. The van der Waals surface area contributed by atoms with Crippen LogP contribution in [0.15, 0.2) is 22.7 Å². The Morgan fingerprint density at radius 1 is 1.32 bits per heavy atom. The average molecular weight is 427 g/mol. The van der Waals surface area contributed by atoms with Gasteiger partial charge in [0.1, 0.15) is 5.75 Å². The number of hydrogen-bond donors (Lipinski definition) is 1. The van der Waals surface area contributed by atoms with E-state index in [2.05, 4.69) is 15.5 Å². The SMILES string of the molecule is COc1cccc(C(=O)NC2CC3CN(C(=O)C(C)C)CC3(c3nc(C)no3)C2)c1C. The Balaban J connectivity index is 1.56. The number of likely N-dealkylation sites (tertiary alicyclic amines) is 1. The van der Waals surface area contributed by atoms with Crippen LogP contribution in [0.25, 0.3) is 0 Å². The minimum atomic E-state index is -0.423. The number of carbonyl (C=O) groups excluding carboxylic acids is 2. The van der Waals surface area contributed by atoms with Gasteiger partial charge in [0.05, 0.1) is 12.5 Å². The highest BCUT2D eigenvalue weighted by atomic mass is 16.5. The first-order chi connectivity index (χ1) is 14.7. The van der Waals surface area contributed by atoms with Crippen molar-refractivity contribution >= 4 is 11.8 Å². The summed E-state index contributed by atoms with van der Waals surface area (Å²) < 4.78 is 11.0. The molecular weight excluding hydrogens is 396 g/mol. The van der Waals surface area contributed by atoms with Gasteiger partial charge in [-0.1, -0.05) is 25.1 Å². The normalized spacial score (nSPS) is 25.0. The number of aryl methyl sites for hydroxylation is 1. The van der Waals surface area contributed by atoms with Crippen LogP contribution in [-0.2, 0) is 10.2 Å². The highest BCUT2D eigenvalue weighted by Crippen LogP contribution is 2.50. The average Bonchev–Trinajstić information content (AvgIpc) is 3.40. The predicted octanol–water partition coefficient (Wildman–Crippen LogP) is 2.64. The number of aromatic nitrogens is 2. The van der Waals surface area contributed by atoms with Crippen molar-refractivity contribution in [2.24, 2.45) is 11.8 Å². The molecule has 3 atom stereocenters. The van der Waals surface area contributed by atoms with Crippen LogP contribution in [0.5, 0.6) is 5.75 Å². The second kappa shape index (κ2) is 7.98. The molecule has 1 aliphatic carbocycles. The Hall–Kier alpha value is -2.90. The lowest BCUT2D eigenvalue weighted by Crippen LogP contribution is -2.40. The van der Waals surface area contributed by atoms with Gasteiger partial charge in [-0.05, 0) is 44.7 Å². The van der Waals surface area contributed by atoms with Crippen molar-refractivity contribution in [2.45, 2.75) is 52.0 Å². The van der Waals surface area contributed by atoms with Gasteiger partial charge in [-0.2, -0.15) is 4.98 Å². The van der Waals surface area contributed by atoms with Crippen LogP contribution in [0.3, 0.4) is 0 Å². The van der Waals surface area contributed by atoms with Crippen LogP contribution in [0.4, 0.5) is 0 Å². The molecule has 0 radical (unpaired) electrons. The lowest BCUT2D eigenvalue weighted by atomic mass is 9.80. The van der Waals surface area contributed by atoms with E-state index in [1.807, 2.05) is 43.9 Å². The molecule has 2 fully saturated rings. The molecule has 4 rings (SSSR count). The topological polar surface area (TPSA) is 97.6 Å². The maximum Gasteiger partial charge on any atom is 0.251 e. The monoisotopic (exact) mass is 426 g/mol. The van der Waals surface area contributed by atoms with E-state index in [0.717, 1.165) is 12.0 Å². The molecule has 8 nitrogen and oxygen atoms in total. The van der Waals surface area contributed by atoms with Gasteiger partial charge in [0.15, 0.2) is 5.82 Å². The number of methoxy groups -OCH3 is 1. The van der Waals surface area contributed by atoms with Crippen molar-refractivity contribution in [3.8, 4) is 5.75 Å². The van der Waals surface area contributed by atoms with Crippen molar-refractivity contribution in [3.05, 3.63) is 41.0 Å². The van der Waals surface area contributed by atoms with Crippen LogP contribution < -0.4 is 10.1 Å². The number of hydrogen-bond acceptors (Lipinski definition) is 6. The largest absolute Gasteiger partial charge is 0.496 e. The van der Waals surface area contributed by atoms with Crippen LogP contribution in [-0.4, -0.2) is 53.1 Å². The van der Waals surface area contributed by atoms with Gasteiger partial charge >= 0.3 is 0 Å². The maximum absolute atomic E-state index is 13.0. The van der Waals surface area contributed by atoms with Gasteiger partial charge in [-0.25, -0.2) is 0 Å². The lowest BCUT2D eigenvalue weighted by Gasteiger charge is -2.26. The summed E-state index contributed by atoms with van der Waals surface area (Å²) in [6.45, 7) is 8.70. The Labute approximate surface area is 182 Å². The number of nitrogens with zero attached hydrogens (tertiary/aromatic N) is 3. The quantitative estimate of drug-likeness (QED) is 0.789. The molecule has 1 aromatic carbocycles. The molecule has 8 heteroatoms. The van der Waals surface area contributed by atoms with Crippen molar-refractivity contribution in [2.75, 3.05) is 20.2 Å². The minimum Gasteiger partial charge on any atom is -0.496 e. The van der Waals surface area contributed by atoms with Gasteiger partial charge in [-0.3, -0.25) is 9.59 Å². The molecule has 1 saturated heterocycles. The zero-order valence-electron chi connectivity index (χ0n) is 18.8. The van der Waals surface area contributed by atoms with Gasteiger partial charge < -0.3 is 19.5 Å². The number of fused-ring (bicyclic) bond motifs is 1. The number of ether oxygens (including phenoxy) is 1. The number of benzene rings is 1. The molecule has 0 bridgehead atoms. The van der Waals surface area contributed by atoms with E-state index >= 15 is 0 Å². The van der Waals surface area contributed by atoms with Crippen molar-refractivity contribution in [3.63, 3.8) is 0 Å². The Bertz CT molecular complexity index is 1000. The molecule has 3 unspecified atom stereocenters. The molecular formula is C23H30N4O4. The lowest BCUT2D eigenvalue weighted by molar-refractivity contribution is -0.133. The predicted molar refractivity (Wildman–Crippen MR) is 114 cm³/mol. The third-order valence-electron chi connectivity index (χ3n) is 6.72. The standard InChI is InChI=1S/C23H30N4O4/c1-13(2)21(29)27-11-16-9-17(10-23(16,12-27)22-24-15(4)26-31-22)25-20(28)18-7-6-8-19(30-5)14(18)3/h6-8,13,16-17H,9-12H2,1-5H3,(H,25,28). The van der Waals surface area contributed by atoms with Crippen LogP contribution in [0.2, 0.25) is 0 Å². The zero-order valence-corrected chi connectivity index (χ0v) is 18.8. The second-order valence-corrected chi connectivity index (χ2v) is 9.12. The summed E-state index contributed by atoms with van der Waals surface area (Å²) in [5.74, 6) is 1.96. The third kappa shape index (κ3) is 3.68. The molecule has 1 aliphatic heterocycles. The summed E-state index contributed by atoms with van der Waals surface area (Å²) in [5.41, 5.74) is 1.00. The Kier molecular flexibility index (Phi) is 5.49. The highest BCUT2D eigenvalue weighted by Gasteiger charge is 2.58. The fourth-order valence-electron chi connectivity index (χ4n) is 5.19. The first-order valence-electron chi connectivity index (χ1n) is 10.8. The van der Waals surface area contributed by atoms with E-state index in [9.17, 15) is 9.59 Å². The van der Waals surface area contributed by atoms with Gasteiger partial charge in [-0.15, -0.1) is 0 Å². The van der Waals surface area contributed by atoms with E-state index in [0.29, 0.717) is 42.5 Å². The zero-order chi connectivity index (χ0) is 22.3. The molecule has 2 aliphatic rings. The molecule has 0 spiro atoms. The van der Waals surface area contributed by atoms with Gasteiger partial charge in [0.2, 0.25) is 11.8 Å². The van der Waals surface area contributed by atoms with E-state index < -0.39 is 5.41 Å². The highest BCUT2D eigenvalue weighted by molar-refractivity contribution is 5.96. The molecule has 1 saturated carbocycles. The third-order valence-corrected chi connectivity index (χ3v) is 6.72. The van der Waals surface area contributed by atoms with E-state index in [1.54, 1.807) is 14.0 Å². The molecule has 1 N–H and O–H groups in total. The summed E-state index contributed by atoms with van der Waals surface area (Å²) in [5, 5.41) is 7.19. The first-order valence-corrected chi connectivity index (χ1v) is 10.8. The fourth-order valence-corrected chi connectivity index (χ4v) is 5.19. The molecule has 2 aromatic rings. The van der Waals surface area contributed by atoms with Crippen LogP contribution in [0, 0.1) is 25.7 Å². The van der Waals surface area contributed by atoms with Crippen molar-refractivity contribution < 1.29 is 18.8 Å². The summed E-state index contributed by atoms with van der Waals surface area (Å²) >= 11 is 0. The summed E-state index contributed by atoms with van der Waals surface area (Å²) in [7, 11) is 1.60. The number of carbonyl (C=O) groups is 2. The Morgan fingerprint density at radius 2 is 2.10 bits per heavy atom. The fraction of sp³-hybridized carbons (Fsp3) is 0.565. The summed E-state index contributed by atoms with van der Waals surface area (Å²) in [6, 6.07) is 5.44. The molecule has 2 heterocycles. The molecule has 2 amide bonds. The van der Waals surface area contributed by atoms with Crippen molar-refractivity contribution in [1.29, 1.82) is 0 Å².